The van der Waals surface area contributed by atoms with Gasteiger partial charge in [-0.25, -0.2) is 19.6 Å². The lowest BCUT2D eigenvalue weighted by molar-refractivity contribution is -0.138. The molecular formula is C41H52N8O7. The second-order valence-electron chi connectivity index (χ2n) is 15.3. The molecule has 56 heavy (non-hydrogen) atoms. The molecule has 0 saturated carbocycles. The number of H-pyrrole nitrogens is 2. The number of likely N-dealkylation sites (tertiary alicyclic amines) is 2. The first kappa shape index (κ1) is 40.0. The molecule has 2 aromatic carbocycles. The Labute approximate surface area is 326 Å². The number of likely N-dealkylation sites (N-methyl/N-ethyl adjacent to an activating group) is 1. The number of alkyl carbamates (subject to hydrolysis) is 1. The van der Waals surface area contributed by atoms with Crippen molar-refractivity contribution in [1.82, 2.24) is 40.0 Å². The van der Waals surface area contributed by atoms with Gasteiger partial charge < -0.3 is 40.0 Å². The van der Waals surface area contributed by atoms with Crippen molar-refractivity contribution in [2.24, 2.45) is 11.8 Å². The average Bonchev–Trinajstić information content (AvgIpc) is 4.03. The third-order valence-corrected chi connectivity index (χ3v) is 11.0. The third-order valence-electron chi connectivity index (χ3n) is 11.0. The van der Waals surface area contributed by atoms with E-state index in [1.54, 1.807) is 22.2 Å². The van der Waals surface area contributed by atoms with Crippen molar-refractivity contribution in [3.05, 3.63) is 72.1 Å². The molecule has 4 aromatic rings. The van der Waals surface area contributed by atoms with Crippen LogP contribution in [0.15, 0.2) is 54.9 Å². The zero-order valence-electron chi connectivity index (χ0n) is 32.8. The van der Waals surface area contributed by atoms with Crippen molar-refractivity contribution in [2.75, 3.05) is 27.2 Å². The SMILES string of the molecule is COC(=O)N[C@H](C(=O)N1CCCC1c1ncc(-c2ccc(-c3ccc(-c4cnc([C@@H]5CCCN5C(=O)[C@H](C(C)C)N(C)C(=O)O)[nH]4)cc3CO)cc2)[nH]1)C(C)C. The van der Waals surface area contributed by atoms with E-state index < -0.39 is 24.3 Å². The zero-order valence-corrected chi connectivity index (χ0v) is 32.8. The van der Waals surface area contributed by atoms with Gasteiger partial charge in [0.25, 0.3) is 0 Å². The van der Waals surface area contributed by atoms with Gasteiger partial charge in [0, 0.05) is 20.1 Å². The standard InChI is InChI=1S/C41H52N8O7/c1-23(2)34(46-40(53)56-6)38(51)48-17-7-9-32(48)36-42-20-30(44-36)26-13-11-25(12-14-26)29-16-15-27(19-28(29)22-50)31-21-43-37(45-31)33-10-8-18-49(33)39(52)35(24(3)4)47(5)41(54)55/h11-16,19-21,23-24,32-35,50H,7-10,17-18,22H2,1-6H3,(H,42,44)(H,43,45)(H,46,53)(H,54,55)/t32?,33-,34-,35-/m0/s1. The third kappa shape index (κ3) is 8.13. The number of methoxy groups -OCH3 is 1. The van der Waals surface area contributed by atoms with Crippen molar-refractivity contribution in [3.8, 4) is 33.6 Å². The summed E-state index contributed by atoms with van der Waals surface area (Å²) in [5.74, 6) is 0.616. The van der Waals surface area contributed by atoms with Crippen LogP contribution in [-0.2, 0) is 20.9 Å². The molecule has 5 N–H and O–H groups in total. The van der Waals surface area contributed by atoms with Gasteiger partial charge in [0.1, 0.15) is 23.7 Å². The fraction of sp³-hybridized carbons (Fsp3) is 0.463. The van der Waals surface area contributed by atoms with E-state index in [1.807, 2.05) is 70.2 Å². The number of aromatic nitrogens is 4. The van der Waals surface area contributed by atoms with Crippen LogP contribution in [0.4, 0.5) is 9.59 Å². The van der Waals surface area contributed by atoms with Crippen molar-refractivity contribution in [1.29, 1.82) is 0 Å². The van der Waals surface area contributed by atoms with Crippen molar-refractivity contribution in [2.45, 2.75) is 84.2 Å². The predicted molar refractivity (Wildman–Crippen MR) is 209 cm³/mol. The number of amides is 4. The van der Waals surface area contributed by atoms with Crippen LogP contribution in [0.5, 0.6) is 0 Å². The maximum absolute atomic E-state index is 13.6. The predicted octanol–water partition coefficient (Wildman–Crippen LogP) is 5.97. The molecule has 0 aliphatic carbocycles. The first-order valence-electron chi connectivity index (χ1n) is 19.2. The lowest BCUT2D eigenvalue weighted by atomic mass is 9.96. The van der Waals surface area contributed by atoms with Gasteiger partial charge in [-0.05, 0) is 71.4 Å². The van der Waals surface area contributed by atoms with Crippen LogP contribution < -0.4 is 5.32 Å². The maximum Gasteiger partial charge on any atom is 0.407 e. The Bertz CT molecular complexity index is 2040. The molecular weight excluding hydrogens is 716 g/mol. The van der Waals surface area contributed by atoms with Crippen LogP contribution in [0.3, 0.4) is 0 Å². The number of ether oxygens (including phenoxy) is 1. The molecule has 2 fully saturated rings. The molecule has 4 amide bonds. The second-order valence-corrected chi connectivity index (χ2v) is 15.3. The van der Waals surface area contributed by atoms with Crippen LogP contribution in [0.1, 0.15) is 82.7 Å². The van der Waals surface area contributed by atoms with Gasteiger partial charge in [0.2, 0.25) is 11.8 Å². The number of aromatic amines is 2. The molecule has 2 aliphatic rings. The fourth-order valence-corrected chi connectivity index (χ4v) is 8.00. The number of hydrogen-bond donors (Lipinski definition) is 5. The lowest BCUT2D eigenvalue weighted by Crippen LogP contribution is -2.51. The van der Waals surface area contributed by atoms with Gasteiger partial charge in [-0.3, -0.25) is 14.5 Å². The van der Waals surface area contributed by atoms with Gasteiger partial charge in [0.05, 0.1) is 49.6 Å². The smallest absolute Gasteiger partial charge is 0.407 e. The molecule has 0 bridgehead atoms. The van der Waals surface area contributed by atoms with E-state index in [4.69, 9.17) is 4.74 Å². The highest BCUT2D eigenvalue weighted by Crippen LogP contribution is 2.36. The molecule has 0 spiro atoms. The Kier molecular flexibility index (Phi) is 12.1. The zero-order chi connectivity index (χ0) is 40.3. The van der Waals surface area contributed by atoms with Gasteiger partial charge in [-0.1, -0.05) is 64.1 Å². The quantitative estimate of drug-likeness (QED) is 0.115. The Balaban J connectivity index is 1.16. The summed E-state index contributed by atoms with van der Waals surface area (Å²) >= 11 is 0. The number of nitrogens with zero attached hydrogens (tertiary/aromatic N) is 5. The minimum absolute atomic E-state index is 0.124. The van der Waals surface area contributed by atoms with E-state index in [9.17, 15) is 29.4 Å². The van der Waals surface area contributed by atoms with E-state index in [-0.39, 0.29) is 42.3 Å². The Morgan fingerprint density at radius 3 is 1.89 bits per heavy atom. The Morgan fingerprint density at radius 1 is 0.839 bits per heavy atom. The number of carbonyl (C=O) groups excluding carboxylic acids is 3. The van der Waals surface area contributed by atoms with E-state index in [0.29, 0.717) is 31.2 Å². The summed E-state index contributed by atoms with van der Waals surface area (Å²) in [5.41, 5.74) is 5.83. The Hall–Kier alpha value is -5.70. The maximum atomic E-state index is 13.6. The summed E-state index contributed by atoms with van der Waals surface area (Å²) in [6.07, 6.45) is 4.79. The van der Waals surface area contributed by atoms with Gasteiger partial charge in [-0.15, -0.1) is 0 Å². The van der Waals surface area contributed by atoms with E-state index in [1.165, 1.54) is 14.2 Å². The lowest BCUT2D eigenvalue weighted by Gasteiger charge is -2.33. The summed E-state index contributed by atoms with van der Waals surface area (Å²) in [5, 5.41) is 22.7. The van der Waals surface area contributed by atoms with Crippen molar-refractivity contribution in [3.63, 3.8) is 0 Å². The monoisotopic (exact) mass is 768 g/mol. The normalized spacial score (nSPS) is 18.0. The summed E-state index contributed by atoms with van der Waals surface area (Å²) in [6.45, 7) is 8.37. The molecule has 15 nitrogen and oxygen atoms in total. The van der Waals surface area contributed by atoms with Crippen molar-refractivity contribution >= 4 is 24.0 Å². The van der Waals surface area contributed by atoms with Crippen LogP contribution >= 0.6 is 0 Å². The highest BCUT2D eigenvalue weighted by atomic mass is 16.5. The largest absolute Gasteiger partial charge is 0.465 e. The van der Waals surface area contributed by atoms with Gasteiger partial charge in [-0.2, -0.15) is 0 Å². The van der Waals surface area contributed by atoms with Crippen LogP contribution in [-0.4, -0.2) is 108 Å². The number of imidazole rings is 2. The highest BCUT2D eigenvalue weighted by molar-refractivity contribution is 5.87. The first-order chi connectivity index (χ1) is 26.8. The Morgan fingerprint density at radius 2 is 1.38 bits per heavy atom. The number of nitrogens with one attached hydrogen (secondary N) is 3. The average molecular weight is 769 g/mol. The van der Waals surface area contributed by atoms with Gasteiger partial charge in [0.15, 0.2) is 0 Å². The molecule has 4 heterocycles. The van der Waals surface area contributed by atoms with Crippen LogP contribution in [0, 0.1) is 11.8 Å². The molecule has 1 unspecified atom stereocenters. The molecule has 298 valence electrons. The van der Waals surface area contributed by atoms with Crippen molar-refractivity contribution < 1.29 is 34.1 Å². The molecule has 6 rings (SSSR count). The summed E-state index contributed by atoms with van der Waals surface area (Å²) in [4.78, 5) is 71.6. The summed E-state index contributed by atoms with van der Waals surface area (Å²) < 4.78 is 4.75. The van der Waals surface area contributed by atoms with E-state index in [0.717, 1.165) is 63.4 Å². The number of carbonyl (C=O) groups is 4. The number of aliphatic hydroxyl groups is 1. The number of rotatable bonds is 12. The summed E-state index contributed by atoms with van der Waals surface area (Å²) in [6, 6.07) is 11.8. The first-order valence-corrected chi connectivity index (χ1v) is 19.2. The topological polar surface area (TPSA) is 197 Å². The van der Waals surface area contributed by atoms with Crippen LogP contribution in [0.2, 0.25) is 0 Å². The van der Waals surface area contributed by atoms with Gasteiger partial charge >= 0.3 is 12.2 Å². The number of benzene rings is 2. The molecule has 0 radical (unpaired) electrons. The minimum Gasteiger partial charge on any atom is -0.465 e. The van der Waals surface area contributed by atoms with E-state index >= 15 is 0 Å². The number of hydrogen-bond acceptors (Lipinski definition) is 8. The minimum atomic E-state index is -1.14. The second kappa shape index (κ2) is 17.0. The highest BCUT2D eigenvalue weighted by Gasteiger charge is 2.40. The van der Waals surface area contributed by atoms with E-state index in [2.05, 4.69) is 25.3 Å². The fourth-order valence-electron chi connectivity index (χ4n) is 8.00. The summed E-state index contributed by atoms with van der Waals surface area (Å²) in [7, 11) is 2.71. The molecule has 2 saturated heterocycles. The molecule has 2 aromatic heterocycles. The molecule has 2 aliphatic heterocycles. The molecule has 4 atom stereocenters. The molecule has 15 heteroatoms. The number of aliphatic hydroxyl groups excluding tert-OH is 1. The van der Waals surface area contributed by atoms with Crippen LogP contribution in [0.25, 0.3) is 33.6 Å². The number of carboxylic acid groups (broad SMARTS) is 1.